The average molecular weight is 340 g/mol. The van der Waals surface area contributed by atoms with Gasteiger partial charge in [0.05, 0.1) is 11.3 Å². The average Bonchev–Trinajstić information content (AvgIpc) is 2.66. The number of thiazole rings is 1. The molecule has 1 heterocycles. The Kier molecular flexibility index (Phi) is 4.37. The molecule has 0 unspecified atom stereocenters. The molecule has 100 valence electrons. The lowest BCUT2D eigenvalue weighted by Gasteiger charge is -2.08. The molecular formula is C14H14BrNO2S. The van der Waals surface area contributed by atoms with Crippen molar-refractivity contribution in [1.29, 1.82) is 0 Å². The van der Waals surface area contributed by atoms with Crippen molar-refractivity contribution in [2.75, 3.05) is 0 Å². The van der Waals surface area contributed by atoms with Crippen molar-refractivity contribution in [3.8, 4) is 5.75 Å². The fourth-order valence-corrected chi connectivity index (χ4v) is 2.83. The zero-order chi connectivity index (χ0) is 14.0. The van der Waals surface area contributed by atoms with Crippen LogP contribution in [0.25, 0.3) is 0 Å². The van der Waals surface area contributed by atoms with Crippen LogP contribution in [0, 0.1) is 13.8 Å². The van der Waals surface area contributed by atoms with Crippen molar-refractivity contribution in [1.82, 2.24) is 4.98 Å². The Bertz CT molecular complexity index is 602. The Morgan fingerprint density at radius 3 is 2.74 bits per heavy atom. The fraction of sp³-hybridized carbons (Fsp3) is 0.286. The van der Waals surface area contributed by atoms with Gasteiger partial charge < -0.3 is 4.74 Å². The van der Waals surface area contributed by atoms with Crippen LogP contribution in [0.15, 0.2) is 22.7 Å². The van der Waals surface area contributed by atoms with Crippen LogP contribution in [-0.4, -0.2) is 10.8 Å². The molecule has 5 heteroatoms. The molecule has 2 rings (SSSR count). The van der Waals surface area contributed by atoms with E-state index in [2.05, 4.69) is 20.9 Å². The van der Waals surface area contributed by atoms with Gasteiger partial charge in [0.2, 0.25) is 0 Å². The van der Waals surface area contributed by atoms with Crippen LogP contribution in [0.2, 0.25) is 0 Å². The van der Waals surface area contributed by atoms with Crippen LogP contribution < -0.4 is 4.74 Å². The lowest BCUT2D eigenvalue weighted by atomic mass is 10.1. The van der Waals surface area contributed by atoms with E-state index < -0.39 is 0 Å². The molecule has 0 aliphatic rings. The van der Waals surface area contributed by atoms with Crippen LogP contribution in [0.5, 0.6) is 5.75 Å². The van der Waals surface area contributed by atoms with Gasteiger partial charge in [0.25, 0.3) is 0 Å². The number of aromatic nitrogens is 1. The van der Waals surface area contributed by atoms with Crippen LogP contribution in [0.1, 0.15) is 32.9 Å². The molecule has 3 nitrogen and oxygen atoms in total. The second-order valence-corrected chi connectivity index (χ2v) is 6.44. The lowest BCUT2D eigenvalue weighted by Crippen LogP contribution is -2.01. The van der Waals surface area contributed by atoms with Crippen molar-refractivity contribution < 1.29 is 9.53 Å². The topological polar surface area (TPSA) is 39.2 Å². The summed E-state index contributed by atoms with van der Waals surface area (Å²) in [5.41, 5.74) is 1.62. The van der Waals surface area contributed by atoms with Crippen molar-refractivity contribution in [2.45, 2.75) is 27.4 Å². The second kappa shape index (κ2) is 5.84. The smallest absolute Gasteiger partial charge is 0.163 e. The summed E-state index contributed by atoms with van der Waals surface area (Å²) in [6.45, 7) is 5.94. The van der Waals surface area contributed by atoms with Gasteiger partial charge in [0.1, 0.15) is 17.4 Å². The highest BCUT2D eigenvalue weighted by atomic mass is 79.9. The number of carbonyl (C=O) groups is 1. The van der Waals surface area contributed by atoms with Crippen LogP contribution in [0.4, 0.5) is 0 Å². The van der Waals surface area contributed by atoms with Crippen molar-refractivity contribution >= 4 is 33.0 Å². The van der Waals surface area contributed by atoms with E-state index in [9.17, 15) is 4.79 Å². The number of aryl methyl sites for hydroxylation is 2. The molecule has 0 N–H and O–H groups in total. The van der Waals surface area contributed by atoms with Crippen molar-refractivity contribution in [3.63, 3.8) is 0 Å². The molecule has 0 aliphatic carbocycles. The third-order valence-electron chi connectivity index (χ3n) is 2.75. The van der Waals surface area contributed by atoms with Gasteiger partial charge in [0, 0.05) is 9.35 Å². The molecule has 0 radical (unpaired) electrons. The maximum atomic E-state index is 11.5. The first-order chi connectivity index (χ1) is 8.97. The number of Topliss-reactive ketones (excluding diaryl/α,β-unsaturated/α-hetero) is 1. The van der Waals surface area contributed by atoms with Crippen LogP contribution >= 0.6 is 27.3 Å². The van der Waals surface area contributed by atoms with E-state index in [-0.39, 0.29) is 5.78 Å². The summed E-state index contributed by atoms with van der Waals surface area (Å²) in [6, 6.07) is 5.41. The molecule has 0 saturated carbocycles. The number of ether oxygens (including phenoxy) is 1. The molecule has 0 aliphatic heterocycles. The third kappa shape index (κ3) is 3.42. The zero-order valence-corrected chi connectivity index (χ0v) is 13.4. The minimum atomic E-state index is -0.00556. The molecule has 0 atom stereocenters. The Balaban J connectivity index is 2.19. The van der Waals surface area contributed by atoms with Crippen LogP contribution in [-0.2, 0) is 6.61 Å². The number of nitrogens with zero attached hydrogens (tertiary/aromatic N) is 1. The van der Waals surface area contributed by atoms with E-state index in [4.69, 9.17) is 4.74 Å². The normalized spacial score (nSPS) is 10.5. The highest BCUT2D eigenvalue weighted by Crippen LogP contribution is 2.26. The molecule has 1 aromatic heterocycles. The van der Waals surface area contributed by atoms with E-state index in [1.54, 1.807) is 17.4 Å². The van der Waals surface area contributed by atoms with E-state index in [1.165, 1.54) is 11.8 Å². The highest BCUT2D eigenvalue weighted by molar-refractivity contribution is 9.10. The summed E-state index contributed by atoms with van der Waals surface area (Å²) in [5, 5.41) is 0.921. The molecule has 0 amide bonds. The number of hydrogen-bond acceptors (Lipinski definition) is 4. The maximum Gasteiger partial charge on any atom is 0.163 e. The predicted molar refractivity (Wildman–Crippen MR) is 80.1 cm³/mol. The summed E-state index contributed by atoms with van der Waals surface area (Å²) < 4.78 is 6.62. The maximum absolute atomic E-state index is 11.5. The number of benzene rings is 1. The summed E-state index contributed by atoms with van der Waals surface area (Å²) in [5.74, 6) is 0.585. The summed E-state index contributed by atoms with van der Waals surface area (Å²) >= 11 is 5.00. The SMILES string of the molecule is CC(=O)c1ccc(Br)cc1OCc1nc(C)c(C)s1. The summed E-state index contributed by atoms with van der Waals surface area (Å²) in [6.07, 6.45) is 0. The highest BCUT2D eigenvalue weighted by Gasteiger charge is 2.11. The number of carbonyl (C=O) groups excluding carboxylic acids is 1. The Labute approximate surface area is 124 Å². The Morgan fingerprint density at radius 2 is 2.16 bits per heavy atom. The number of hydrogen-bond donors (Lipinski definition) is 0. The van der Waals surface area contributed by atoms with Gasteiger partial charge in [0.15, 0.2) is 5.78 Å². The minimum absolute atomic E-state index is 0.00556. The molecule has 2 aromatic rings. The first kappa shape index (κ1) is 14.2. The van der Waals surface area contributed by atoms with Gasteiger partial charge in [-0.2, -0.15) is 0 Å². The summed E-state index contributed by atoms with van der Waals surface area (Å²) in [4.78, 5) is 17.2. The molecule has 0 spiro atoms. The standard InChI is InChI=1S/C14H14BrNO2S/c1-8-10(3)19-14(16-8)7-18-13-6-11(15)4-5-12(13)9(2)17/h4-6H,7H2,1-3H3. The fourth-order valence-electron chi connectivity index (χ4n) is 1.65. The molecule has 0 fully saturated rings. The zero-order valence-electron chi connectivity index (χ0n) is 11.0. The van der Waals surface area contributed by atoms with Crippen molar-refractivity contribution in [3.05, 3.63) is 43.8 Å². The largest absolute Gasteiger partial charge is 0.486 e. The summed E-state index contributed by atoms with van der Waals surface area (Å²) in [7, 11) is 0. The van der Waals surface area contributed by atoms with Gasteiger partial charge in [-0.05, 0) is 39.0 Å². The van der Waals surface area contributed by atoms with Gasteiger partial charge in [-0.3, -0.25) is 4.79 Å². The number of rotatable bonds is 4. The number of halogens is 1. The van der Waals surface area contributed by atoms with E-state index in [1.807, 2.05) is 26.0 Å². The van der Waals surface area contributed by atoms with Gasteiger partial charge >= 0.3 is 0 Å². The Hall–Kier alpha value is -1.20. The first-order valence-electron chi connectivity index (χ1n) is 5.83. The molecule has 0 bridgehead atoms. The number of ketones is 1. The van der Waals surface area contributed by atoms with Gasteiger partial charge in [-0.25, -0.2) is 4.98 Å². The minimum Gasteiger partial charge on any atom is -0.486 e. The lowest BCUT2D eigenvalue weighted by molar-refractivity contribution is 0.101. The molecule has 19 heavy (non-hydrogen) atoms. The van der Waals surface area contributed by atoms with Gasteiger partial charge in [-0.1, -0.05) is 15.9 Å². The van der Waals surface area contributed by atoms with Crippen LogP contribution in [0.3, 0.4) is 0 Å². The monoisotopic (exact) mass is 339 g/mol. The molecule has 0 saturated heterocycles. The van der Waals surface area contributed by atoms with E-state index >= 15 is 0 Å². The third-order valence-corrected chi connectivity index (χ3v) is 4.29. The molecule has 1 aromatic carbocycles. The first-order valence-corrected chi connectivity index (χ1v) is 7.44. The quantitative estimate of drug-likeness (QED) is 0.779. The Morgan fingerprint density at radius 1 is 1.42 bits per heavy atom. The van der Waals surface area contributed by atoms with Crippen molar-refractivity contribution in [2.24, 2.45) is 0 Å². The van der Waals surface area contributed by atoms with Gasteiger partial charge in [-0.15, -0.1) is 11.3 Å². The second-order valence-electron chi connectivity index (χ2n) is 4.23. The van der Waals surface area contributed by atoms with E-state index in [0.717, 1.165) is 15.2 Å². The predicted octanol–water partition coefficient (Wildman–Crippen LogP) is 4.30. The molecular weight excluding hydrogens is 326 g/mol. The van der Waals surface area contributed by atoms with E-state index in [0.29, 0.717) is 17.9 Å².